The first kappa shape index (κ1) is 17.0. The van der Waals surface area contributed by atoms with Crippen LogP contribution in [0.25, 0.3) is 0 Å². The van der Waals surface area contributed by atoms with Crippen molar-refractivity contribution in [2.75, 3.05) is 14.2 Å². The van der Waals surface area contributed by atoms with Crippen LogP contribution in [0.2, 0.25) is 0 Å². The summed E-state index contributed by atoms with van der Waals surface area (Å²) in [6.07, 6.45) is 1.86. The van der Waals surface area contributed by atoms with Gasteiger partial charge in [-0.25, -0.2) is 9.59 Å². The van der Waals surface area contributed by atoms with E-state index in [1.165, 1.54) is 14.2 Å². The van der Waals surface area contributed by atoms with Crippen molar-refractivity contribution >= 4 is 17.7 Å². The second-order valence-electron chi connectivity index (χ2n) is 6.92. The molecule has 1 aromatic carbocycles. The number of ketones is 1. The Kier molecular flexibility index (Phi) is 3.95. The number of benzene rings is 1. The maximum absolute atomic E-state index is 13.2. The van der Waals surface area contributed by atoms with Gasteiger partial charge in [0.2, 0.25) is 0 Å². The number of hydrogen-bond donors (Lipinski definition) is 0. The highest BCUT2D eigenvalue weighted by Crippen LogP contribution is 2.54. The molecule has 136 valence electrons. The minimum Gasteiger partial charge on any atom is -0.466 e. The molecule has 6 heteroatoms. The average molecular weight is 356 g/mol. The monoisotopic (exact) mass is 356 g/mol. The van der Waals surface area contributed by atoms with Gasteiger partial charge in [0.05, 0.1) is 37.4 Å². The van der Waals surface area contributed by atoms with Crippen LogP contribution in [0.5, 0.6) is 0 Å². The lowest BCUT2D eigenvalue weighted by Crippen LogP contribution is -2.47. The predicted molar refractivity (Wildman–Crippen MR) is 90.5 cm³/mol. The molecule has 1 saturated heterocycles. The molecular weight excluding hydrogens is 336 g/mol. The van der Waals surface area contributed by atoms with Gasteiger partial charge in [0.15, 0.2) is 5.78 Å². The zero-order valence-electron chi connectivity index (χ0n) is 14.7. The quantitative estimate of drug-likeness (QED) is 0.771. The van der Waals surface area contributed by atoms with Crippen molar-refractivity contribution in [3.63, 3.8) is 0 Å². The summed E-state index contributed by atoms with van der Waals surface area (Å²) in [7, 11) is 2.53. The third-order valence-corrected chi connectivity index (χ3v) is 5.80. The summed E-state index contributed by atoms with van der Waals surface area (Å²) in [6, 6.07) is 7.51. The summed E-state index contributed by atoms with van der Waals surface area (Å²) in [5.74, 6) is -1.78. The summed E-state index contributed by atoms with van der Waals surface area (Å²) < 4.78 is 16.0. The number of carbonyl (C=O) groups excluding carboxylic acids is 3. The van der Waals surface area contributed by atoms with Crippen molar-refractivity contribution in [1.29, 1.82) is 0 Å². The molecule has 6 nitrogen and oxygen atoms in total. The molecule has 4 rings (SSSR count). The molecule has 0 spiro atoms. The highest BCUT2D eigenvalue weighted by atomic mass is 16.6. The number of esters is 2. The van der Waals surface area contributed by atoms with Gasteiger partial charge in [-0.15, -0.1) is 0 Å². The summed E-state index contributed by atoms with van der Waals surface area (Å²) in [5, 5.41) is 0. The molecule has 2 bridgehead atoms. The zero-order chi connectivity index (χ0) is 18.5. The maximum atomic E-state index is 13.2. The van der Waals surface area contributed by atoms with E-state index >= 15 is 0 Å². The summed E-state index contributed by atoms with van der Waals surface area (Å²) >= 11 is 0. The van der Waals surface area contributed by atoms with Gasteiger partial charge in [0.1, 0.15) is 5.60 Å². The number of Topliss-reactive ketones (excluding diaryl/α,β-unsaturated/α-hetero) is 1. The Balaban J connectivity index is 1.83. The van der Waals surface area contributed by atoms with Crippen LogP contribution in [0.4, 0.5) is 0 Å². The van der Waals surface area contributed by atoms with Crippen LogP contribution in [0.15, 0.2) is 35.4 Å². The summed E-state index contributed by atoms with van der Waals surface area (Å²) in [5.41, 5.74) is 0.944. The fraction of sp³-hybridized carbons (Fsp3) is 0.450. The summed E-state index contributed by atoms with van der Waals surface area (Å²) in [6.45, 7) is 0. The third kappa shape index (κ3) is 2.18. The number of hydrogen-bond acceptors (Lipinski definition) is 6. The molecule has 26 heavy (non-hydrogen) atoms. The molecule has 1 fully saturated rings. The Morgan fingerprint density at radius 1 is 1.12 bits per heavy atom. The zero-order valence-corrected chi connectivity index (χ0v) is 14.7. The Hall–Kier alpha value is -2.47. The van der Waals surface area contributed by atoms with Gasteiger partial charge in [-0.1, -0.05) is 24.3 Å². The highest BCUT2D eigenvalue weighted by Gasteiger charge is 2.62. The van der Waals surface area contributed by atoms with Crippen molar-refractivity contribution in [3.8, 4) is 0 Å². The SMILES string of the molecule is COC(=O)C1=C(C(=O)OC)C2(C3CCc4ccccc4C3=O)CCC1O2. The molecule has 3 atom stereocenters. The normalized spacial score (nSPS) is 29.5. The molecule has 3 unspecified atom stereocenters. The van der Waals surface area contributed by atoms with E-state index in [-0.39, 0.29) is 16.9 Å². The van der Waals surface area contributed by atoms with E-state index in [1.54, 1.807) is 0 Å². The molecule has 1 aliphatic carbocycles. The van der Waals surface area contributed by atoms with Crippen LogP contribution in [0, 0.1) is 5.92 Å². The van der Waals surface area contributed by atoms with Crippen LogP contribution in [0.3, 0.4) is 0 Å². The first-order valence-electron chi connectivity index (χ1n) is 8.74. The van der Waals surface area contributed by atoms with E-state index in [0.717, 1.165) is 12.0 Å². The molecule has 1 aromatic rings. The number of fused-ring (bicyclic) bond motifs is 3. The number of aryl methyl sites for hydroxylation is 1. The van der Waals surface area contributed by atoms with Crippen molar-refractivity contribution < 1.29 is 28.6 Å². The minimum atomic E-state index is -1.11. The van der Waals surface area contributed by atoms with E-state index in [4.69, 9.17) is 14.2 Å². The lowest BCUT2D eigenvalue weighted by Gasteiger charge is -2.37. The standard InChI is InChI=1S/C20H20O6/c1-24-18(22)15-14-9-10-20(26-14,16(15)19(23)25-2)13-8-7-11-5-3-4-6-12(11)17(13)21/h3-6,13-14H,7-10H2,1-2H3. The van der Waals surface area contributed by atoms with Crippen molar-refractivity contribution in [2.45, 2.75) is 37.4 Å². The van der Waals surface area contributed by atoms with Gasteiger partial charge in [-0.2, -0.15) is 0 Å². The van der Waals surface area contributed by atoms with Crippen LogP contribution >= 0.6 is 0 Å². The van der Waals surface area contributed by atoms with Crippen LogP contribution < -0.4 is 0 Å². The molecule has 0 amide bonds. The Bertz CT molecular complexity index is 838. The largest absolute Gasteiger partial charge is 0.466 e. The average Bonchev–Trinajstić information content (AvgIpc) is 3.24. The fourth-order valence-corrected chi connectivity index (χ4v) is 4.69. The van der Waals surface area contributed by atoms with Crippen LogP contribution in [0.1, 0.15) is 35.2 Å². The Morgan fingerprint density at radius 3 is 2.58 bits per heavy atom. The molecule has 0 N–H and O–H groups in total. The molecule has 2 aliphatic heterocycles. The van der Waals surface area contributed by atoms with Crippen molar-refractivity contribution in [1.82, 2.24) is 0 Å². The van der Waals surface area contributed by atoms with Gasteiger partial charge in [0, 0.05) is 5.56 Å². The van der Waals surface area contributed by atoms with Crippen LogP contribution in [-0.4, -0.2) is 43.6 Å². The van der Waals surface area contributed by atoms with Gasteiger partial charge in [-0.3, -0.25) is 4.79 Å². The Labute approximate surface area is 151 Å². The highest BCUT2D eigenvalue weighted by molar-refractivity contribution is 6.07. The van der Waals surface area contributed by atoms with E-state index in [9.17, 15) is 14.4 Å². The molecule has 0 saturated carbocycles. The van der Waals surface area contributed by atoms with E-state index in [2.05, 4.69) is 0 Å². The second-order valence-corrected chi connectivity index (χ2v) is 6.92. The van der Waals surface area contributed by atoms with Crippen molar-refractivity contribution in [2.24, 2.45) is 5.92 Å². The first-order valence-corrected chi connectivity index (χ1v) is 8.74. The predicted octanol–water partition coefficient (Wildman–Crippen LogP) is 2.01. The minimum absolute atomic E-state index is 0.0416. The van der Waals surface area contributed by atoms with Gasteiger partial charge in [-0.05, 0) is 31.2 Å². The Morgan fingerprint density at radius 2 is 1.85 bits per heavy atom. The number of rotatable bonds is 3. The first-order chi connectivity index (χ1) is 12.5. The lowest BCUT2D eigenvalue weighted by atomic mass is 9.67. The lowest BCUT2D eigenvalue weighted by molar-refractivity contribution is -0.140. The number of ether oxygens (including phenoxy) is 3. The van der Waals surface area contributed by atoms with E-state index in [0.29, 0.717) is 24.8 Å². The van der Waals surface area contributed by atoms with Crippen molar-refractivity contribution in [3.05, 3.63) is 46.5 Å². The van der Waals surface area contributed by atoms with Gasteiger partial charge in [0.25, 0.3) is 0 Å². The topological polar surface area (TPSA) is 78.9 Å². The fourth-order valence-electron chi connectivity index (χ4n) is 4.69. The molecular formula is C20H20O6. The second kappa shape index (κ2) is 6.06. The smallest absolute Gasteiger partial charge is 0.337 e. The number of methoxy groups -OCH3 is 2. The molecule has 2 heterocycles. The molecule has 0 aromatic heterocycles. The van der Waals surface area contributed by atoms with Crippen LogP contribution in [-0.2, 0) is 30.2 Å². The van der Waals surface area contributed by atoms with Gasteiger partial charge < -0.3 is 14.2 Å². The van der Waals surface area contributed by atoms with E-state index in [1.807, 2.05) is 24.3 Å². The number of carbonyl (C=O) groups is 3. The maximum Gasteiger partial charge on any atom is 0.337 e. The summed E-state index contributed by atoms with van der Waals surface area (Å²) in [4.78, 5) is 38.1. The molecule has 0 radical (unpaired) electrons. The van der Waals surface area contributed by atoms with E-state index < -0.39 is 29.6 Å². The molecule has 3 aliphatic rings. The third-order valence-electron chi connectivity index (χ3n) is 5.80. The van der Waals surface area contributed by atoms with Gasteiger partial charge >= 0.3 is 11.9 Å².